The van der Waals surface area contributed by atoms with Gasteiger partial charge in [0.2, 0.25) is 5.95 Å². The quantitative estimate of drug-likeness (QED) is 0.511. The number of pyridine rings is 2. The fourth-order valence-corrected chi connectivity index (χ4v) is 3.69. The smallest absolute Gasteiger partial charge is 0.228 e. The van der Waals surface area contributed by atoms with Crippen LogP contribution in [0.15, 0.2) is 54.9 Å². The summed E-state index contributed by atoms with van der Waals surface area (Å²) < 4.78 is 11.0. The van der Waals surface area contributed by atoms with Crippen LogP contribution in [0.2, 0.25) is 0 Å². The average Bonchev–Trinajstić information content (AvgIpc) is 2.84. The number of hydrogen-bond acceptors (Lipinski definition) is 8. The summed E-state index contributed by atoms with van der Waals surface area (Å²) in [4.78, 5) is 20.7. The number of morpholine rings is 1. The predicted octanol–water partition coefficient (Wildman–Crippen LogP) is 3.98. The van der Waals surface area contributed by atoms with Crippen LogP contribution in [0.5, 0.6) is 5.75 Å². The fourth-order valence-electron chi connectivity index (χ4n) is 3.69. The maximum atomic E-state index is 5.50. The third kappa shape index (κ3) is 4.17. The Balaban J connectivity index is 1.54. The molecule has 1 aliphatic heterocycles. The molecule has 0 saturated carbocycles. The van der Waals surface area contributed by atoms with Crippen molar-refractivity contribution in [1.29, 1.82) is 0 Å². The molecule has 1 aromatic carbocycles. The Kier molecular flexibility index (Phi) is 5.51. The number of benzene rings is 1. The Labute approximate surface area is 186 Å². The van der Waals surface area contributed by atoms with E-state index in [2.05, 4.69) is 20.2 Å². The number of rotatable bonds is 5. The number of nitrogens with zero attached hydrogens (tertiary/aromatic N) is 5. The van der Waals surface area contributed by atoms with Gasteiger partial charge in [-0.05, 0) is 37.3 Å². The Hall–Kier alpha value is -3.78. The first kappa shape index (κ1) is 20.1. The third-order valence-electron chi connectivity index (χ3n) is 5.39. The monoisotopic (exact) mass is 428 g/mol. The van der Waals surface area contributed by atoms with Crippen LogP contribution in [-0.2, 0) is 4.74 Å². The zero-order chi connectivity index (χ0) is 21.9. The van der Waals surface area contributed by atoms with Crippen molar-refractivity contribution in [3.8, 4) is 17.0 Å². The topological polar surface area (TPSA) is 85.3 Å². The number of anilines is 3. The first-order chi connectivity index (χ1) is 15.7. The van der Waals surface area contributed by atoms with Crippen molar-refractivity contribution in [2.24, 2.45) is 0 Å². The largest absolute Gasteiger partial charge is 0.496 e. The van der Waals surface area contributed by atoms with E-state index in [0.29, 0.717) is 25.0 Å². The van der Waals surface area contributed by atoms with Crippen molar-refractivity contribution in [3.63, 3.8) is 0 Å². The van der Waals surface area contributed by atoms with Gasteiger partial charge in [-0.1, -0.05) is 6.07 Å². The van der Waals surface area contributed by atoms with Crippen LogP contribution in [0.25, 0.3) is 22.2 Å². The summed E-state index contributed by atoms with van der Waals surface area (Å²) in [6, 6.07) is 13.8. The van der Waals surface area contributed by atoms with Crippen LogP contribution in [0.3, 0.4) is 0 Å². The van der Waals surface area contributed by atoms with E-state index in [-0.39, 0.29) is 0 Å². The lowest BCUT2D eigenvalue weighted by molar-refractivity contribution is 0.122. The van der Waals surface area contributed by atoms with Crippen molar-refractivity contribution in [3.05, 3.63) is 60.6 Å². The molecule has 0 atom stereocenters. The van der Waals surface area contributed by atoms with Crippen molar-refractivity contribution in [2.45, 2.75) is 6.92 Å². The van der Waals surface area contributed by atoms with Gasteiger partial charge < -0.3 is 19.7 Å². The predicted molar refractivity (Wildman–Crippen MR) is 125 cm³/mol. The molecule has 1 aliphatic rings. The van der Waals surface area contributed by atoms with E-state index in [9.17, 15) is 0 Å². The normalized spacial score (nSPS) is 13.9. The van der Waals surface area contributed by atoms with Gasteiger partial charge in [0.25, 0.3) is 0 Å². The first-order valence-corrected chi connectivity index (χ1v) is 10.5. The second-order valence-electron chi connectivity index (χ2n) is 7.60. The molecule has 4 heterocycles. The molecule has 5 rings (SSSR count). The number of ether oxygens (including phenoxy) is 2. The highest BCUT2D eigenvalue weighted by molar-refractivity contribution is 5.88. The molecule has 1 saturated heterocycles. The molecule has 32 heavy (non-hydrogen) atoms. The molecule has 3 aromatic heterocycles. The van der Waals surface area contributed by atoms with Gasteiger partial charge in [-0.25, -0.2) is 4.98 Å². The number of aromatic nitrogens is 4. The molecule has 0 aliphatic carbocycles. The van der Waals surface area contributed by atoms with Crippen LogP contribution in [0, 0.1) is 6.92 Å². The highest BCUT2D eigenvalue weighted by Crippen LogP contribution is 2.29. The summed E-state index contributed by atoms with van der Waals surface area (Å²) in [6.45, 7) is 4.80. The minimum absolute atomic E-state index is 0.664. The number of nitrogens with one attached hydrogen (secondary N) is 1. The maximum absolute atomic E-state index is 5.50. The minimum Gasteiger partial charge on any atom is -0.496 e. The van der Waals surface area contributed by atoms with E-state index in [4.69, 9.17) is 19.4 Å². The summed E-state index contributed by atoms with van der Waals surface area (Å²) in [6.07, 6.45) is 3.64. The second kappa shape index (κ2) is 8.76. The number of hydrogen-bond donors (Lipinski definition) is 1. The SMILES string of the molecule is COc1cccc2ncc(Nc3cc(-c4ccc(C)nc4)nc(N4CCOCC4)n3)cc12. The summed E-state index contributed by atoms with van der Waals surface area (Å²) in [5.74, 6) is 2.13. The first-order valence-electron chi connectivity index (χ1n) is 10.5. The van der Waals surface area contributed by atoms with Gasteiger partial charge >= 0.3 is 0 Å². The van der Waals surface area contributed by atoms with E-state index in [1.165, 1.54) is 0 Å². The van der Waals surface area contributed by atoms with E-state index in [1.54, 1.807) is 13.3 Å². The van der Waals surface area contributed by atoms with Crippen LogP contribution in [0.1, 0.15) is 5.69 Å². The molecule has 0 spiro atoms. The van der Waals surface area contributed by atoms with Crippen molar-refractivity contribution < 1.29 is 9.47 Å². The molecule has 4 aromatic rings. The second-order valence-corrected chi connectivity index (χ2v) is 7.60. The number of methoxy groups -OCH3 is 1. The maximum Gasteiger partial charge on any atom is 0.228 e. The molecule has 1 fully saturated rings. The Morgan fingerprint density at radius 1 is 1.00 bits per heavy atom. The molecular formula is C24H24N6O2. The Bertz CT molecular complexity index is 1240. The molecular weight excluding hydrogens is 404 g/mol. The van der Waals surface area contributed by atoms with Gasteiger partial charge in [0.1, 0.15) is 11.6 Å². The van der Waals surface area contributed by atoms with E-state index in [1.807, 2.05) is 55.6 Å². The summed E-state index contributed by atoms with van der Waals surface area (Å²) in [5.41, 5.74) is 4.40. The Morgan fingerprint density at radius 2 is 1.88 bits per heavy atom. The lowest BCUT2D eigenvalue weighted by Gasteiger charge is -2.27. The summed E-state index contributed by atoms with van der Waals surface area (Å²) >= 11 is 0. The number of aryl methyl sites for hydroxylation is 1. The highest BCUT2D eigenvalue weighted by atomic mass is 16.5. The molecule has 8 nitrogen and oxygen atoms in total. The van der Waals surface area contributed by atoms with Gasteiger partial charge in [-0.3, -0.25) is 9.97 Å². The van der Waals surface area contributed by atoms with Crippen molar-refractivity contribution in [2.75, 3.05) is 43.6 Å². The molecule has 0 radical (unpaired) electrons. The van der Waals surface area contributed by atoms with E-state index >= 15 is 0 Å². The van der Waals surface area contributed by atoms with Crippen LogP contribution < -0.4 is 15.0 Å². The minimum atomic E-state index is 0.664. The van der Waals surface area contributed by atoms with Crippen molar-refractivity contribution >= 4 is 28.4 Å². The Morgan fingerprint density at radius 3 is 2.66 bits per heavy atom. The fraction of sp³-hybridized carbons (Fsp3) is 0.250. The highest BCUT2D eigenvalue weighted by Gasteiger charge is 2.17. The van der Waals surface area contributed by atoms with Gasteiger partial charge in [0.15, 0.2) is 0 Å². The van der Waals surface area contributed by atoms with Gasteiger partial charge in [-0.15, -0.1) is 0 Å². The van der Waals surface area contributed by atoms with Crippen LogP contribution >= 0.6 is 0 Å². The average molecular weight is 428 g/mol. The lowest BCUT2D eigenvalue weighted by atomic mass is 10.2. The molecule has 8 heteroatoms. The lowest BCUT2D eigenvalue weighted by Crippen LogP contribution is -2.37. The molecule has 0 unspecified atom stereocenters. The summed E-state index contributed by atoms with van der Waals surface area (Å²) in [7, 11) is 1.66. The molecule has 162 valence electrons. The van der Waals surface area contributed by atoms with E-state index < -0.39 is 0 Å². The summed E-state index contributed by atoms with van der Waals surface area (Å²) in [5, 5.41) is 4.34. The zero-order valence-electron chi connectivity index (χ0n) is 18.1. The standard InChI is InChI=1S/C24H24N6O2/c1-16-6-7-17(14-25-16)21-13-23(29-24(28-21)30-8-10-32-11-9-30)27-18-12-19-20(26-15-18)4-3-5-22(19)31-2/h3-7,12-15H,8-11H2,1-2H3,(H,27,28,29). The van der Waals surface area contributed by atoms with Gasteiger partial charge in [0.05, 0.1) is 43.4 Å². The molecule has 0 amide bonds. The zero-order valence-corrected chi connectivity index (χ0v) is 18.1. The van der Waals surface area contributed by atoms with Crippen LogP contribution in [0.4, 0.5) is 17.5 Å². The third-order valence-corrected chi connectivity index (χ3v) is 5.39. The van der Waals surface area contributed by atoms with E-state index in [0.717, 1.165) is 52.4 Å². The van der Waals surface area contributed by atoms with Gasteiger partial charge in [-0.2, -0.15) is 4.98 Å². The van der Waals surface area contributed by atoms with Gasteiger partial charge in [0, 0.05) is 42.0 Å². The molecule has 0 bridgehead atoms. The number of fused-ring (bicyclic) bond motifs is 1. The van der Waals surface area contributed by atoms with Crippen molar-refractivity contribution in [1.82, 2.24) is 19.9 Å². The van der Waals surface area contributed by atoms with Crippen LogP contribution in [-0.4, -0.2) is 53.3 Å². The molecule has 1 N–H and O–H groups in total.